The van der Waals surface area contributed by atoms with Crippen molar-refractivity contribution in [2.45, 2.75) is 6.54 Å². The molecular formula is C16H19F6N2OP. The Morgan fingerprint density at radius 3 is 2.04 bits per heavy atom. The average Bonchev–Trinajstić information content (AvgIpc) is 2.41. The van der Waals surface area contributed by atoms with Gasteiger partial charge in [0.15, 0.2) is 13.0 Å². The van der Waals surface area contributed by atoms with Crippen molar-refractivity contribution in [2.24, 2.45) is 0 Å². The summed E-state index contributed by atoms with van der Waals surface area (Å²) >= 11 is 0. The summed E-state index contributed by atoms with van der Waals surface area (Å²) in [7, 11) is -4.09. The second-order valence-corrected chi connectivity index (χ2v) is 8.95. The molecule has 1 aliphatic rings. The molecule has 1 heterocycles. The number of rotatable bonds is 1. The van der Waals surface area contributed by atoms with Crippen LogP contribution in [0.3, 0.4) is 0 Å². The van der Waals surface area contributed by atoms with Crippen molar-refractivity contribution >= 4 is 30.6 Å². The van der Waals surface area contributed by atoms with Crippen LogP contribution in [0.4, 0.5) is 30.9 Å². The molecule has 0 saturated carbocycles. The summed E-state index contributed by atoms with van der Waals surface area (Å²) in [6.45, 7) is 1.95. The second-order valence-electron chi connectivity index (χ2n) is 7.03. The number of hydrogen-bond donors (Lipinski definition) is 0. The Kier molecular flexibility index (Phi) is 4.38. The van der Waals surface area contributed by atoms with Crippen molar-refractivity contribution in [2.75, 3.05) is 32.7 Å². The summed E-state index contributed by atoms with van der Waals surface area (Å²) in [5, 5.41) is 2.24. The van der Waals surface area contributed by atoms with E-state index >= 15 is 0 Å². The molecular weight excluding hydrogens is 381 g/mol. The van der Waals surface area contributed by atoms with Crippen LogP contribution in [-0.2, 0) is 6.54 Å². The SMILES string of the molecule is CN1C[N+](C)(C)Cc2cc(C=O)c3ccccc3c21.F[P-](F)(F)(F)(F)F. The molecule has 2 aromatic carbocycles. The van der Waals surface area contributed by atoms with Crippen LogP contribution in [0.2, 0.25) is 0 Å². The van der Waals surface area contributed by atoms with Gasteiger partial charge in [-0.25, -0.2) is 0 Å². The topological polar surface area (TPSA) is 20.3 Å². The molecule has 0 radical (unpaired) electrons. The maximum atomic E-state index is 11.3. The van der Waals surface area contributed by atoms with E-state index in [1.165, 1.54) is 16.6 Å². The summed E-state index contributed by atoms with van der Waals surface area (Å²) in [6.07, 6.45) is 0.969. The number of nitrogens with zero attached hydrogens (tertiary/aromatic N) is 2. The number of halogens is 6. The van der Waals surface area contributed by atoms with Gasteiger partial charge in [-0.3, -0.25) is 4.79 Å². The molecule has 0 amide bonds. The minimum atomic E-state index is -10.7. The van der Waals surface area contributed by atoms with Crippen molar-refractivity contribution < 1.29 is 34.5 Å². The van der Waals surface area contributed by atoms with Crippen molar-refractivity contribution in [1.82, 2.24) is 0 Å². The standard InChI is InChI=1S/C16H19N2O.F6P/c1-17-11-18(2,3)9-12-8-13(10-19)14-6-4-5-7-15(14)16(12)17;1-7(2,3,4,5)6/h4-8,10H,9,11H2,1-3H3;/q+1;-1. The fourth-order valence-electron chi connectivity index (χ4n) is 3.27. The Bertz CT molecular complexity index is 853. The molecule has 2 aromatic rings. The van der Waals surface area contributed by atoms with Gasteiger partial charge < -0.3 is 9.38 Å². The first kappa shape index (κ1) is 20.5. The minimum absolute atomic E-state index is 0.796. The van der Waals surface area contributed by atoms with E-state index in [9.17, 15) is 30.0 Å². The molecule has 0 bridgehead atoms. The molecule has 26 heavy (non-hydrogen) atoms. The summed E-state index contributed by atoms with van der Waals surface area (Å²) < 4.78 is 60.1. The molecule has 0 saturated heterocycles. The summed E-state index contributed by atoms with van der Waals surface area (Å²) in [6, 6.07) is 10.2. The van der Waals surface area contributed by atoms with Crippen LogP contribution in [-0.4, -0.2) is 38.6 Å². The van der Waals surface area contributed by atoms with Crippen molar-refractivity contribution in [3.8, 4) is 0 Å². The van der Waals surface area contributed by atoms with E-state index in [2.05, 4.69) is 38.2 Å². The fourth-order valence-corrected chi connectivity index (χ4v) is 3.27. The normalized spacial score (nSPS) is 18.9. The van der Waals surface area contributed by atoms with Gasteiger partial charge in [0.25, 0.3) is 0 Å². The van der Waals surface area contributed by atoms with Crippen LogP contribution in [0.5, 0.6) is 0 Å². The van der Waals surface area contributed by atoms with Crippen LogP contribution in [0, 0.1) is 0 Å². The Morgan fingerprint density at radius 1 is 1.04 bits per heavy atom. The molecule has 0 unspecified atom stereocenters. The van der Waals surface area contributed by atoms with Gasteiger partial charge in [0, 0.05) is 23.6 Å². The van der Waals surface area contributed by atoms with Crippen molar-refractivity contribution in [1.29, 1.82) is 0 Å². The first-order valence-electron chi connectivity index (χ1n) is 7.56. The van der Waals surface area contributed by atoms with E-state index in [1.54, 1.807) is 0 Å². The molecule has 146 valence electrons. The average molecular weight is 400 g/mol. The fraction of sp³-hybridized carbons (Fsp3) is 0.312. The van der Waals surface area contributed by atoms with Crippen molar-refractivity contribution in [3.05, 3.63) is 41.5 Å². The molecule has 0 N–H and O–H groups in total. The maximum absolute atomic E-state index is 11.3. The number of carbonyl (C=O) groups is 1. The molecule has 3 nitrogen and oxygen atoms in total. The summed E-state index contributed by atoms with van der Waals surface area (Å²) in [5.41, 5.74) is 3.34. The quantitative estimate of drug-likeness (QED) is 0.253. The number of quaternary nitrogens is 1. The molecule has 3 rings (SSSR count). The van der Waals surface area contributed by atoms with Gasteiger partial charge in [0.1, 0.15) is 6.54 Å². The van der Waals surface area contributed by atoms with Crippen LogP contribution >= 0.6 is 7.81 Å². The Labute approximate surface area is 146 Å². The molecule has 0 aromatic heterocycles. The van der Waals surface area contributed by atoms with E-state index in [0.29, 0.717) is 0 Å². The van der Waals surface area contributed by atoms with E-state index in [0.717, 1.165) is 34.9 Å². The first-order chi connectivity index (χ1) is 11.5. The Balaban J connectivity index is 0.000000298. The number of anilines is 1. The number of aldehydes is 1. The zero-order chi connectivity index (χ0) is 20.0. The number of fused-ring (bicyclic) bond motifs is 3. The van der Waals surface area contributed by atoms with Gasteiger partial charge in [0.05, 0.1) is 19.8 Å². The number of benzene rings is 2. The number of hydrogen-bond acceptors (Lipinski definition) is 2. The predicted molar refractivity (Wildman–Crippen MR) is 92.0 cm³/mol. The zero-order valence-electron chi connectivity index (χ0n) is 14.4. The van der Waals surface area contributed by atoms with Crippen LogP contribution in [0.1, 0.15) is 15.9 Å². The van der Waals surface area contributed by atoms with Crippen molar-refractivity contribution in [3.63, 3.8) is 0 Å². The Morgan fingerprint density at radius 2 is 1.54 bits per heavy atom. The van der Waals surface area contributed by atoms with Crippen LogP contribution < -0.4 is 4.90 Å². The van der Waals surface area contributed by atoms with E-state index < -0.39 is 7.81 Å². The van der Waals surface area contributed by atoms with Gasteiger partial charge >= 0.3 is 33.0 Å². The third kappa shape index (κ3) is 5.85. The molecule has 0 fully saturated rings. The van der Waals surface area contributed by atoms with Gasteiger partial charge in [0.2, 0.25) is 0 Å². The Hall–Kier alpha value is -1.86. The monoisotopic (exact) mass is 400 g/mol. The van der Waals surface area contributed by atoms with E-state index in [1.807, 2.05) is 18.2 Å². The van der Waals surface area contributed by atoms with E-state index in [4.69, 9.17) is 0 Å². The summed E-state index contributed by atoms with van der Waals surface area (Å²) in [4.78, 5) is 13.6. The third-order valence-electron chi connectivity index (χ3n) is 3.83. The molecule has 0 aliphatic carbocycles. The van der Waals surface area contributed by atoms with Gasteiger partial charge in [-0.2, -0.15) is 0 Å². The summed E-state index contributed by atoms with van der Waals surface area (Å²) in [5.74, 6) is 0. The van der Waals surface area contributed by atoms with Gasteiger partial charge in [-0.15, -0.1) is 0 Å². The van der Waals surface area contributed by atoms with Gasteiger partial charge in [-0.1, -0.05) is 24.3 Å². The predicted octanol–water partition coefficient (Wildman–Crippen LogP) is 6.02. The zero-order valence-corrected chi connectivity index (χ0v) is 15.3. The molecule has 10 heteroatoms. The molecule has 1 aliphatic heterocycles. The first-order valence-corrected chi connectivity index (χ1v) is 9.59. The van der Waals surface area contributed by atoms with Gasteiger partial charge in [-0.05, 0) is 11.5 Å². The second kappa shape index (κ2) is 5.57. The van der Waals surface area contributed by atoms with Crippen LogP contribution in [0.15, 0.2) is 30.3 Å². The van der Waals surface area contributed by atoms with Crippen LogP contribution in [0.25, 0.3) is 10.8 Å². The van der Waals surface area contributed by atoms with E-state index in [-0.39, 0.29) is 0 Å². The number of carbonyl (C=O) groups excluding carboxylic acids is 1. The molecule has 0 spiro atoms. The molecule has 0 atom stereocenters. The third-order valence-corrected chi connectivity index (χ3v) is 3.83.